The van der Waals surface area contributed by atoms with Gasteiger partial charge in [0.05, 0.1) is 5.69 Å². The van der Waals surface area contributed by atoms with Crippen molar-refractivity contribution in [1.29, 1.82) is 0 Å². The Bertz CT molecular complexity index is 893. The summed E-state index contributed by atoms with van der Waals surface area (Å²) in [6, 6.07) is 8.66. The van der Waals surface area contributed by atoms with Crippen LogP contribution in [0, 0.1) is 25.7 Å². The molecular weight excluding hydrogens is 382 g/mol. The van der Waals surface area contributed by atoms with E-state index in [0.29, 0.717) is 25.0 Å². The second-order valence-electron chi connectivity index (χ2n) is 8.50. The predicted octanol–water partition coefficient (Wildman–Crippen LogP) is 4.19. The monoisotopic (exact) mass is 411 g/mol. The fourth-order valence-corrected chi connectivity index (χ4v) is 4.97. The molecule has 2 amide bonds. The Morgan fingerprint density at radius 1 is 1.10 bits per heavy atom. The molecule has 2 aromatic rings. The number of amides is 2. The lowest BCUT2D eigenvalue weighted by Crippen LogP contribution is -2.43. The molecule has 0 spiro atoms. The van der Waals surface area contributed by atoms with Gasteiger partial charge in [-0.15, -0.1) is 11.3 Å². The van der Waals surface area contributed by atoms with Crippen LogP contribution in [-0.2, 0) is 4.79 Å². The number of thiazole rings is 1. The van der Waals surface area contributed by atoms with E-state index in [4.69, 9.17) is 0 Å². The Morgan fingerprint density at radius 2 is 1.76 bits per heavy atom. The molecule has 0 bridgehead atoms. The summed E-state index contributed by atoms with van der Waals surface area (Å²) in [6.45, 7) is 7.43. The molecule has 5 nitrogen and oxygen atoms in total. The molecule has 1 N–H and O–H groups in total. The number of nitrogens with zero attached hydrogens (tertiary/aromatic N) is 2. The van der Waals surface area contributed by atoms with Crippen LogP contribution in [0.1, 0.15) is 53.5 Å². The first-order valence-corrected chi connectivity index (χ1v) is 11.4. The normalized spacial score (nSPS) is 18.5. The van der Waals surface area contributed by atoms with Gasteiger partial charge < -0.3 is 10.2 Å². The first-order valence-electron chi connectivity index (χ1n) is 10.6. The lowest BCUT2D eigenvalue weighted by Gasteiger charge is -2.34. The predicted molar refractivity (Wildman–Crippen MR) is 116 cm³/mol. The summed E-state index contributed by atoms with van der Waals surface area (Å²) in [5.74, 6) is 0.625. The van der Waals surface area contributed by atoms with Crippen LogP contribution in [0.2, 0.25) is 0 Å². The molecule has 6 heteroatoms. The van der Waals surface area contributed by atoms with Gasteiger partial charge >= 0.3 is 0 Å². The van der Waals surface area contributed by atoms with E-state index >= 15 is 0 Å². The van der Waals surface area contributed by atoms with Crippen molar-refractivity contribution in [2.75, 3.05) is 13.1 Å². The zero-order valence-electron chi connectivity index (χ0n) is 17.4. The van der Waals surface area contributed by atoms with E-state index in [2.05, 4.69) is 41.5 Å². The highest BCUT2D eigenvalue weighted by atomic mass is 32.1. The summed E-state index contributed by atoms with van der Waals surface area (Å²) in [5.41, 5.74) is 3.06. The molecule has 1 aliphatic carbocycles. The third-order valence-corrected chi connectivity index (χ3v) is 7.36. The number of aromatic nitrogens is 1. The Hall–Kier alpha value is -2.21. The van der Waals surface area contributed by atoms with Crippen molar-refractivity contribution in [3.8, 4) is 10.6 Å². The number of aryl methyl sites for hydroxylation is 2. The molecule has 2 heterocycles. The van der Waals surface area contributed by atoms with Crippen molar-refractivity contribution in [1.82, 2.24) is 15.2 Å². The van der Waals surface area contributed by atoms with Crippen LogP contribution in [0.4, 0.5) is 0 Å². The Kier molecular flexibility index (Phi) is 5.72. The second kappa shape index (κ2) is 8.27. The minimum atomic E-state index is 0.0196. The molecule has 1 aromatic heterocycles. The quantitative estimate of drug-likeness (QED) is 0.802. The SMILES string of the molecule is Cc1ccc(-c2nc(C)c(C(=O)N3CCC(C(C)C(=O)NC4CC4)CC3)s2)cc1. The molecule has 0 radical (unpaired) electrons. The smallest absolute Gasteiger partial charge is 0.265 e. The van der Waals surface area contributed by atoms with E-state index in [-0.39, 0.29) is 17.7 Å². The number of hydrogen-bond donors (Lipinski definition) is 1. The fourth-order valence-electron chi connectivity index (χ4n) is 3.93. The van der Waals surface area contributed by atoms with Crippen LogP contribution in [0.3, 0.4) is 0 Å². The average Bonchev–Trinajstić information content (AvgIpc) is 3.46. The van der Waals surface area contributed by atoms with Crippen LogP contribution in [0.25, 0.3) is 10.6 Å². The van der Waals surface area contributed by atoms with Crippen molar-refractivity contribution in [3.63, 3.8) is 0 Å². The minimum Gasteiger partial charge on any atom is -0.353 e. The Labute approximate surface area is 176 Å². The highest BCUT2D eigenvalue weighted by Gasteiger charge is 2.33. The molecule has 154 valence electrons. The molecule has 1 atom stereocenters. The summed E-state index contributed by atoms with van der Waals surface area (Å²) in [4.78, 5) is 32.7. The van der Waals surface area contributed by atoms with Gasteiger partial charge in [-0.2, -0.15) is 0 Å². The maximum absolute atomic E-state index is 13.1. The maximum atomic E-state index is 13.1. The summed E-state index contributed by atoms with van der Waals surface area (Å²) < 4.78 is 0. The Balaban J connectivity index is 1.38. The van der Waals surface area contributed by atoms with Crippen LogP contribution in [0.15, 0.2) is 24.3 Å². The van der Waals surface area contributed by atoms with E-state index in [1.54, 1.807) is 0 Å². The zero-order chi connectivity index (χ0) is 20.5. The van der Waals surface area contributed by atoms with Gasteiger partial charge in [0.1, 0.15) is 9.88 Å². The van der Waals surface area contributed by atoms with Crippen molar-refractivity contribution in [2.45, 2.75) is 52.5 Å². The van der Waals surface area contributed by atoms with E-state index < -0.39 is 0 Å². The summed E-state index contributed by atoms with van der Waals surface area (Å²) in [7, 11) is 0. The molecule has 1 unspecified atom stereocenters. The van der Waals surface area contributed by atoms with E-state index in [9.17, 15) is 9.59 Å². The number of nitrogens with one attached hydrogen (secondary N) is 1. The number of carbonyl (C=O) groups excluding carboxylic acids is 2. The van der Waals surface area contributed by atoms with Crippen LogP contribution < -0.4 is 5.32 Å². The van der Waals surface area contributed by atoms with E-state index in [0.717, 1.165) is 46.8 Å². The molecule has 29 heavy (non-hydrogen) atoms. The van der Waals surface area contributed by atoms with E-state index in [1.807, 2.05) is 18.7 Å². The molecular formula is C23H29N3O2S. The first-order chi connectivity index (χ1) is 13.9. The lowest BCUT2D eigenvalue weighted by atomic mass is 9.84. The van der Waals surface area contributed by atoms with Gasteiger partial charge in [-0.1, -0.05) is 36.8 Å². The van der Waals surface area contributed by atoms with Gasteiger partial charge in [-0.3, -0.25) is 9.59 Å². The zero-order valence-corrected chi connectivity index (χ0v) is 18.2. The average molecular weight is 412 g/mol. The van der Waals surface area contributed by atoms with Crippen molar-refractivity contribution >= 4 is 23.2 Å². The van der Waals surface area contributed by atoms with Crippen LogP contribution in [0.5, 0.6) is 0 Å². The minimum absolute atomic E-state index is 0.0196. The number of benzene rings is 1. The van der Waals surface area contributed by atoms with Crippen LogP contribution in [-0.4, -0.2) is 40.8 Å². The molecule has 4 rings (SSSR count). The standard InChI is InChI=1S/C23H29N3O2S/c1-14-4-6-18(7-5-14)22-24-16(3)20(29-22)23(28)26-12-10-17(11-13-26)15(2)21(27)25-19-8-9-19/h4-7,15,17,19H,8-13H2,1-3H3,(H,25,27). The molecule has 2 fully saturated rings. The number of piperidine rings is 1. The largest absolute Gasteiger partial charge is 0.353 e. The molecule has 1 aliphatic heterocycles. The number of carbonyl (C=O) groups is 2. The third kappa shape index (κ3) is 4.53. The summed E-state index contributed by atoms with van der Waals surface area (Å²) in [5, 5.41) is 4.01. The number of likely N-dealkylation sites (tertiary alicyclic amines) is 1. The first kappa shape index (κ1) is 20.1. The highest BCUT2D eigenvalue weighted by Crippen LogP contribution is 2.31. The van der Waals surface area contributed by atoms with Gasteiger partial charge in [0.15, 0.2) is 0 Å². The second-order valence-corrected chi connectivity index (χ2v) is 9.50. The van der Waals surface area contributed by atoms with Crippen molar-refractivity contribution in [3.05, 3.63) is 40.4 Å². The van der Waals surface area contributed by atoms with Gasteiger partial charge in [0.25, 0.3) is 5.91 Å². The highest BCUT2D eigenvalue weighted by molar-refractivity contribution is 7.17. The van der Waals surface area contributed by atoms with Crippen molar-refractivity contribution in [2.24, 2.45) is 11.8 Å². The molecule has 2 aliphatic rings. The number of rotatable bonds is 5. The van der Waals surface area contributed by atoms with E-state index in [1.165, 1.54) is 16.9 Å². The Morgan fingerprint density at radius 3 is 2.38 bits per heavy atom. The van der Waals surface area contributed by atoms with Gasteiger partial charge in [-0.05, 0) is 45.4 Å². The third-order valence-electron chi connectivity index (χ3n) is 6.16. The van der Waals surface area contributed by atoms with Gasteiger partial charge in [0.2, 0.25) is 5.91 Å². The maximum Gasteiger partial charge on any atom is 0.265 e. The summed E-state index contributed by atoms with van der Waals surface area (Å²) in [6.07, 6.45) is 4.00. The molecule has 1 saturated carbocycles. The molecule has 1 saturated heterocycles. The van der Waals surface area contributed by atoms with Crippen molar-refractivity contribution < 1.29 is 9.59 Å². The summed E-state index contributed by atoms with van der Waals surface area (Å²) >= 11 is 1.48. The lowest BCUT2D eigenvalue weighted by molar-refractivity contribution is -0.126. The molecule has 1 aromatic carbocycles. The fraction of sp³-hybridized carbons (Fsp3) is 0.522. The van der Waals surface area contributed by atoms with Gasteiger partial charge in [-0.25, -0.2) is 4.98 Å². The van der Waals surface area contributed by atoms with Crippen LogP contribution >= 0.6 is 11.3 Å². The number of hydrogen-bond acceptors (Lipinski definition) is 4. The topological polar surface area (TPSA) is 62.3 Å². The van der Waals surface area contributed by atoms with Gasteiger partial charge in [0, 0.05) is 30.6 Å².